The Hall–Kier alpha value is 0.427. The van der Waals surface area contributed by atoms with E-state index in [4.69, 9.17) is 11.5 Å². The molecule has 74 valence electrons. The maximum absolute atomic E-state index is 5.90. The van der Waals surface area contributed by atoms with Crippen molar-refractivity contribution in [3.05, 3.63) is 0 Å². The molecule has 2 atom stereocenters. The second kappa shape index (κ2) is 4.60. The zero-order chi connectivity index (χ0) is 8.48. The molecule has 1 fully saturated rings. The zero-order valence-electron chi connectivity index (χ0n) is 8.05. The normalized spacial score (nSPS) is 35.0. The molecule has 4 N–H and O–H groups in total. The van der Waals surface area contributed by atoms with Crippen LogP contribution in [0.1, 0.15) is 12.8 Å². The van der Waals surface area contributed by atoms with Gasteiger partial charge in [0.2, 0.25) is 0 Å². The summed E-state index contributed by atoms with van der Waals surface area (Å²) in [5.41, 5.74) is 11.8. The maximum atomic E-state index is 5.90. The Bertz CT molecular complexity index is 127. The van der Waals surface area contributed by atoms with Crippen LogP contribution in [0.15, 0.2) is 0 Å². The molecule has 0 radical (unpaired) electrons. The van der Waals surface area contributed by atoms with E-state index in [-0.39, 0.29) is 24.5 Å². The Morgan fingerprint density at radius 3 is 1.67 bits per heavy atom. The fourth-order valence-electron chi connectivity index (χ4n) is 1.67. The van der Waals surface area contributed by atoms with Crippen molar-refractivity contribution in [1.82, 2.24) is 0 Å². The van der Waals surface area contributed by atoms with Crippen LogP contribution in [0, 0.1) is 0 Å². The van der Waals surface area contributed by atoms with Gasteiger partial charge in [-0.3, -0.25) is 0 Å². The van der Waals surface area contributed by atoms with E-state index in [1.165, 1.54) is 12.1 Å². The second-order valence-corrected chi connectivity index (χ2v) is 9.90. The van der Waals surface area contributed by atoms with Crippen LogP contribution < -0.4 is 11.5 Å². The summed E-state index contributed by atoms with van der Waals surface area (Å²) in [6.07, 6.45) is 2.31. The van der Waals surface area contributed by atoms with E-state index in [0.29, 0.717) is 0 Å². The summed E-state index contributed by atoms with van der Waals surface area (Å²) in [4.78, 5) is 0. The Morgan fingerprint density at radius 1 is 1.00 bits per heavy atom. The minimum atomic E-state index is -0.884. The van der Waals surface area contributed by atoms with Gasteiger partial charge in [-0.25, -0.2) is 0 Å². The van der Waals surface area contributed by atoms with Crippen molar-refractivity contribution in [2.24, 2.45) is 11.5 Å². The van der Waals surface area contributed by atoms with E-state index in [1.807, 2.05) is 0 Å². The monoisotopic (exact) mass is 208 g/mol. The first-order valence-electron chi connectivity index (χ1n) is 4.52. The average molecular weight is 209 g/mol. The average Bonchev–Trinajstić information content (AvgIpc) is 2.03. The van der Waals surface area contributed by atoms with Crippen LogP contribution in [-0.4, -0.2) is 20.2 Å². The third-order valence-electron chi connectivity index (χ3n) is 2.86. The van der Waals surface area contributed by atoms with Gasteiger partial charge in [0.05, 0.1) is 0 Å². The lowest BCUT2D eigenvalue weighted by molar-refractivity contribution is 0.510. The van der Waals surface area contributed by atoms with Gasteiger partial charge >= 0.3 is 0 Å². The SMILES string of the molecule is C[Si]1(C)CC[C@@H](N)[C@@H](N)CC1.Cl. The molecular formula is C8H21ClN2Si. The zero-order valence-corrected chi connectivity index (χ0v) is 9.86. The molecule has 1 rings (SSSR count). The van der Waals surface area contributed by atoms with Crippen LogP contribution in [0.5, 0.6) is 0 Å². The fourth-order valence-corrected chi connectivity index (χ4v) is 4.15. The van der Waals surface area contributed by atoms with Gasteiger partial charge in [-0.15, -0.1) is 12.4 Å². The van der Waals surface area contributed by atoms with Gasteiger partial charge in [0.25, 0.3) is 0 Å². The van der Waals surface area contributed by atoms with Crippen molar-refractivity contribution >= 4 is 20.5 Å². The summed E-state index contributed by atoms with van der Waals surface area (Å²) >= 11 is 0. The molecule has 1 aliphatic heterocycles. The highest BCUT2D eigenvalue weighted by Crippen LogP contribution is 2.25. The lowest BCUT2D eigenvalue weighted by Gasteiger charge is -2.18. The first kappa shape index (κ1) is 12.4. The van der Waals surface area contributed by atoms with Gasteiger partial charge < -0.3 is 11.5 Å². The van der Waals surface area contributed by atoms with Gasteiger partial charge in [-0.2, -0.15) is 0 Å². The van der Waals surface area contributed by atoms with Crippen LogP contribution in [0.25, 0.3) is 0 Å². The Kier molecular flexibility index (Phi) is 4.77. The number of hydrogen-bond acceptors (Lipinski definition) is 2. The lowest BCUT2D eigenvalue weighted by atomic mass is 10.1. The van der Waals surface area contributed by atoms with Crippen LogP contribution >= 0.6 is 12.4 Å². The van der Waals surface area contributed by atoms with Crippen molar-refractivity contribution in [2.75, 3.05) is 0 Å². The second-order valence-electron chi connectivity index (χ2n) is 4.57. The molecule has 0 aromatic carbocycles. The molecule has 0 aromatic rings. The van der Waals surface area contributed by atoms with Gasteiger partial charge in [0, 0.05) is 20.2 Å². The molecule has 2 nitrogen and oxygen atoms in total. The molecule has 4 heteroatoms. The number of hydrogen-bond donors (Lipinski definition) is 2. The smallest absolute Gasteiger partial charge is 0.0474 e. The van der Waals surface area contributed by atoms with E-state index in [1.54, 1.807) is 0 Å². The highest BCUT2D eigenvalue weighted by Gasteiger charge is 2.28. The predicted molar refractivity (Wildman–Crippen MR) is 59.5 cm³/mol. The summed E-state index contributed by atoms with van der Waals surface area (Å²) < 4.78 is 0. The largest absolute Gasteiger partial charge is 0.326 e. The summed E-state index contributed by atoms with van der Waals surface area (Å²) in [6.45, 7) is 4.88. The highest BCUT2D eigenvalue weighted by molar-refractivity contribution is 6.77. The summed E-state index contributed by atoms with van der Waals surface area (Å²) in [7, 11) is -0.884. The van der Waals surface area contributed by atoms with Crippen molar-refractivity contribution in [1.29, 1.82) is 0 Å². The lowest BCUT2D eigenvalue weighted by Crippen LogP contribution is -2.39. The molecule has 0 unspecified atom stereocenters. The molecule has 0 spiro atoms. The molecule has 1 heterocycles. The minimum Gasteiger partial charge on any atom is -0.326 e. The molecule has 0 saturated carbocycles. The molecule has 0 aromatic heterocycles. The Balaban J connectivity index is 0.00000121. The van der Waals surface area contributed by atoms with E-state index < -0.39 is 8.07 Å². The first-order chi connectivity index (χ1) is 5.01. The van der Waals surface area contributed by atoms with Gasteiger partial charge in [0.1, 0.15) is 0 Å². The molecule has 1 saturated heterocycles. The number of halogens is 1. The maximum Gasteiger partial charge on any atom is 0.0474 e. The molecule has 1 aliphatic rings. The Labute approximate surface area is 82.5 Å². The molecule has 0 bridgehead atoms. The molecule has 0 aliphatic carbocycles. The van der Waals surface area contributed by atoms with Crippen LogP contribution in [-0.2, 0) is 0 Å². The standard InChI is InChI=1S/C8H20N2Si.ClH/c1-11(2)5-3-7(9)8(10)4-6-11;/h7-8H,3-6,9-10H2,1-2H3;1H/t7-,8+;. The topological polar surface area (TPSA) is 52.0 Å². The fraction of sp³-hybridized carbons (Fsp3) is 1.00. The van der Waals surface area contributed by atoms with E-state index in [9.17, 15) is 0 Å². The van der Waals surface area contributed by atoms with Crippen molar-refractivity contribution in [3.8, 4) is 0 Å². The summed E-state index contributed by atoms with van der Waals surface area (Å²) in [5.74, 6) is 0. The Morgan fingerprint density at radius 2 is 1.33 bits per heavy atom. The third-order valence-corrected chi connectivity index (χ3v) is 6.14. The highest BCUT2D eigenvalue weighted by atomic mass is 35.5. The van der Waals surface area contributed by atoms with Gasteiger partial charge in [0.15, 0.2) is 0 Å². The van der Waals surface area contributed by atoms with E-state index in [2.05, 4.69) is 13.1 Å². The van der Waals surface area contributed by atoms with E-state index >= 15 is 0 Å². The van der Waals surface area contributed by atoms with Crippen LogP contribution in [0.2, 0.25) is 25.2 Å². The van der Waals surface area contributed by atoms with Gasteiger partial charge in [-0.05, 0) is 12.8 Å². The molecule has 0 amide bonds. The molecular weight excluding hydrogens is 188 g/mol. The molecule has 12 heavy (non-hydrogen) atoms. The van der Waals surface area contributed by atoms with E-state index in [0.717, 1.165) is 12.8 Å². The van der Waals surface area contributed by atoms with Crippen molar-refractivity contribution < 1.29 is 0 Å². The van der Waals surface area contributed by atoms with Crippen LogP contribution in [0.4, 0.5) is 0 Å². The number of nitrogens with two attached hydrogens (primary N) is 2. The van der Waals surface area contributed by atoms with Gasteiger partial charge in [-0.1, -0.05) is 25.2 Å². The van der Waals surface area contributed by atoms with Crippen molar-refractivity contribution in [2.45, 2.75) is 50.1 Å². The van der Waals surface area contributed by atoms with Crippen LogP contribution in [0.3, 0.4) is 0 Å². The predicted octanol–water partition coefficient (Wildman–Crippen LogP) is 1.56. The third kappa shape index (κ3) is 3.43. The summed E-state index contributed by atoms with van der Waals surface area (Å²) in [6, 6.07) is 3.26. The quantitative estimate of drug-likeness (QED) is 0.594. The minimum absolute atomic E-state index is 0. The summed E-state index contributed by atoms with van der Waals surface area (Å²) in [5, 5.41) is 0. The number of rotatable bonds is 0. The van der Waals surface area contributed by atoms with Crippen molar-refractivity contribution in [3.63, 3.8) is 0 Å². The first-order valence-corrected chi connectivity index (χ1v) is 7.94.